The number of aromatic nitrogens is 1. The molecule has 3 rings (SSSR count). The lowest BCUT2D eigenvalue weighted by Gasteiger charge is -1.95. The molecule has 0 saturated heterocycles. The fourth-order valence-corrected chi connectivity index (χ4v) is 2.38. The van der Waals surface area contributed by atoms with Crippen LogP contribution in [0.1, 0.15) is 31.9 Å². The van der Waals surface area contributed by atoms with Crippen molar-refractivity contribution in [3.8, 4) is 0 Å². The van der Waals surface area contributed by atoms with E-state index in [0.29, 0.717) is 0 Å². The summed E-state index contributed by atoms with van der Waals surface area (Å²) in [7, 11) is 0. The Labute approximate surface area is 107 Å². The van der Waals surface area contributed by atoms with Gasteiger partial charge in [-0.15, -0.1) is 0 Å². The van der Waals surface area contributed by atoms with Gasteiger partial charge in [-0.2, -0.15) is 0 Å². The lowest BCUT2D eigenvalue weighted by atomic mass is 10.1. The molecule has 0 fully saturated rings. The lowest BCUT2D eigenvalue weighted by molar-refractivity contribution is 0.530. The number of nitrogens with zero attached hydrogens (tertiary/aromatic N) is 1. The molecule has 3 aromatic rings. The second-order valence-electron chi connectivity index (χ2n) is 4.72. The predicted molar refractivity (Wildman–Crippen MR) is 74.7 cm³/mol. The van der Waals surface area contributed by atoms with Gasteiger partial charge in [0, 0.05) is 17.2 Å². The van der Waals surface area contributed by atoms with Crippen molar-refractivity contribution in [2.75, 3.05) is 0 Å². The van der Waals surface area contributed by atoms with Crippen LogP contribution in [0.25, 0.3) is 21.9 Å². The molecule has 0 spiro atoms. The van der Waals surface area contributed by atoms with Crippen molar-refractivity contribution in [2.24, 2.45) is 0 Å². The number of furan rings is 1. The molecular formula is C16H17NO. The van der Waals surface area contributed by atoms with Crippen LogP contribution in [0.3, 0.4) is 0 Å². The average molecular weight is 239 g/mol. The number of benzene rings is 1. The number of pyridine rings is 1. The number of para-hydroxylation sites is 1. The van der Waals surface area contributed by atoms with Crippen molar-refractivity contribution >= 4 is 21.9 Å². The maximum Gasteiger partial charge on any atom is 0.153 e. The minimum absolute atomic E-state index is 0.903. The van der Waals surface area contributed by atoms with Crippen molar-refractivity contribution in [3.05, 3.63) is 42.3 Å². The van der Waals surface area contributed by atoms with Gasteiger partial charge in [0.05, 0.1) is 11.7 Å². The fourth-order valence-electron chi connectivity index (χ4n) is 2.38. The molecule has 0 aliphatic rings. The molecule has 2 aromatic heterocycles. The Balaban J connectivity index is 2.03. The highest BCUT2D eigenvalue weighted by Crippen LogP contribution is 2.27. The summed E-state index contributed by atoms with van der Waals surface area (Å²) in [6.45, 7) is 2.22. The first kappa shape index (κ1) is 11.3. The van der Waals surface area contributed by atoms with Crippen LogP contribution in [-0.4, -0.2) is 4.98 Å². The molecule has 0 aliphatic carbocycles. The molecule has 2 heteroatoms. The summed E-state index contributed by atoms with van der Waals surface area (Å²) < 4.78 is 5.86. The third-order valence-corrected chi connectivity index (χ3v) is 3.35. The zero-order valence-corrected chi connectivity index (χ0v) is 10.6. The molecule has 0 N–H and O–H groups in total. The Morgan fingerprint density at radius 2 is 2.00 bits per heavy atom. The second kappa shape index (κ2) is 4.81. The Kier molecular flexibility index (Phi) is 3.01. The lowest BCUT2D eigenvalue weighted by Crippen LogP contribution is -1.80. The minimum Gasteiger partial charge on any atom is -0.459 e. The van der Waals surface area contributed by atoms with E-state index in [9.17, 15) is 0 Å². The van der Waals surface area contributed by atoms with Crippen LogP contribution in [0.4, 0.5) is 0 Å². The summed E-state index contributed by atoms with van der Waals surface area (Å²) in [5.74, 6) is 1.08. The first-order valence-corrected chi connectivity index (χ1v) is 6.64. The highest BCUT2D eigenvalue weighted by Gasteiger charge is 2.07. The molecule has 1 aromatic carbocycles. The standard InChI is InChI=1S/C16H17NO/c1-2-3-4-7-12-10-14-13-8-5-6-9-15(13)17-11-16(14)18-12/h5-6,8-11H,2-4,7H2,1H3. The van der Waals surface area contributed by atoms with Crippen molar-refractivity contribution < 1.29 is 4.42 Å². The largest absolute Gasteiger partial charge is 0.459 e. The summed E-state index contributed by atoms with van der Waals surface area (Å²) in [5, 5.41) is 2.37. The second-order valence-corrected chi connectivity index (χ2v) is 4.72. The summed E-state index contributed by atoms with van der Waals surface area (Å²) in [6.07, 6.45) is 6.56. The zero-order valence-electron chi connectivity index (χ0n) is 10.6. The SMILES string of the molecule is CCCCCc1cc2c(cnc3ccccc32)o1. The molecule has 2 nitrogen and oxygen atoms in total. The molecule has 0 radical (unpaired) electrons. The number of hydrogen-bond donors (Lipinski definition) is 0. The molecule has 0 unspecified atom stereocenters. The topological polar surface area (TPSA) is 26.0 Å². The van der Waals surface area contributed by atoms with Crippen molar-refractivity contribution in [1.29, 1.82) is 0 Å². The van der Waals surface area contributed by atoms with E-state index in [4.69, 9.17) is 4.42 Å². The number of fused-ring (bicyclic) bond motifs is 3. The smallest absolute Gasteiger partial charge is 0.153 e. The van der Waals surface area contributed by atoms with Crippen molar-refractivity contribution in [1.82, 2.24) is 4.98 Å². The van der Waals surface area contributed by atoms with Gasteiger partial charge in [-0.3, -0.25) is 4.98 Å². The Morgan fingerprint density at radius 3 is 2.89 bits per heavy atom. The van der Waals surface area contributed by atoms with Crippen LogP contribution in [0.2, 0.25) is 0 Å². The van der Waals surface area contributed by atoms with Gasteiger partial charge < -0.3 is 4.42 Å². The van der Waals surface area contributed by atoms with Crippen LogP contribution in [0.5, 0.6) is 0 Å². The molecule has 18 heavy (non-hydrogen) atoms. The zero-order chi connectivity index (χ0) is 12.4. The average Bonchev–Trinajstić information content (AvgIpc) is 2.82. The van der Waals surface area contributed by atoms with Gasteiger partial charge in [-0.05, 0) is 18.6 Å². The number of unbranched alkanes of at least 4 members (excludes halogenated alkanes) is 2. The van der Waals surface area contributed by atoms with Gasteiger partial charge in [0.1, 0.15) is 5.76 Å². The first-order chi connectivity index (χ1) is 8.88. The van der Waals surface area contributed by atoms with E-state index in [1.54, 1.807) is 0 Å². The number of aryl methyl sites for hydroxylation is 1. The van der Waals surface area contributed by atoms with E-state index in [-0.39, 0.29) is 0 Å². The van der Waals surface area contributed by atoms with Gasteiger partial charge in [0.25, 0.3) is 0 Å². The van der Waals surface area contributed by atoms with E-state index in [1.807, 2.05) is 24.4 Å². The van der Waals surface area contributed by atoms with Crippen LogP contribution >= 0.6 is 0 Å². The van der Waals surface area contributed by atoms with Crippen molar-refractivity contribution in [3.63, 3.8) is 0 Å². The molecular weight excluding hydrogens is 222 g/mol. The van der Waals surface area contributed by atoms with Gasteiger partial charge in [0.2, 0.25) is 0 Å². The summed E-state index contributed by atoms with van der Waals surface area (Å²) in [4.78, 5) is 4.43. The van der Waals surface area contributed by atoms with Gasteiger partial charge in [0.15, 0.2) is 5.58 Å². The summed E-state index contributed by atoms with van der Waals surface area (Å²) in [5.41, 5.74) is 1.94. The number of rotatable bonds is 4. The predicted octanol–water partition coefficient (Wildman–Crippen LogP) is 4.71. The Morgan fingerprint density at radius 1 is 1.11 bits per heavy atom. The summed E-state index contributed by atoms with van der Waals surface area (Å²) in [6, 6.07) is 10.4. The quantitative estimate of drug-likeness (QED) is 0.616. The number of hydrogen-bond acceptors (Lipinski definition) is 2. The molecule has 0 aliphatic heterocycles. The normalized spacial score (nSPS) is 11.4. The maximum atomic E-state index is 5.86. The minimum atomic E-state index is 0.903. The van der Waals surface area contributed by atoms with Gasteiger partial charge in [-0.1, -0.05) is 38.0 Å². The molecule has 0 atom stereocenters. The molecule has 2 heterocycles. The summed E-state index contributed by atoms with van der Waals surface area (Å²) >= 11 is 0. The highest BCUT2D eigenvalue weighted by molar-refractivity contribution is 6.03. The van der Waals surface area contributed by atoms with E-state index < -0.39 is 0 Å². The van der Waals surface area contributed by atoms with E-state index in [1.165, 1.54) is 30.0 Å². The monoisotopic (exact) mass is 239 g/mol. The van der Waals surface area contributed by atoms with Crippen LogP contribution in [0, 0.1) is 0 Å². The molecule has 92 valence electrons. The van der Waals surface area contributed by atoms with Crippen LogP contribution < -0.4 is 0 Å². The molecule has 0 saturated carbocycles. The van der Waals surface area contributed by atoms with Crippen molar-refractivity contribution in [2.45, 2.75) is 32.6 Å². The molecule has 0 amide bonds. The Hall–Kier alpha value is -1.83. The van der Waals surface area contributed by atoms with E-state index >= 15 is 0 Å². The van der Waals surface area contributed by atoms with Gasteiger partial charge in [-0.25, -0.2) is 0 Å². The van der Waals surface area contributed by atoms with E-state index in [2.05, 4.69) is 24.0 Å². The highest BCUT2D eigenvalue weighted by atomic mass is 16.3. The molecule has 0 bridgehead atoms. The van der Waals surface area contributed by atoms with Gasteiger partial charge >= 0.3 is 0 Å². The third-order valence-electron chi connectivity index (χ3n) is 3.35. The van der Waals surface area contributed by atoms with Crippen LogP contribution in [0.15, 0.2) is 40.9 Å². The van der Waals surface area contributed by atoms with E-state index in [0.717, 1.165) is 23.3 Å². The third kappa shape index (κ3) is 1.99. The fraction of sp³-hybridized carbons (Fsp3) is 0.312. The first-order valence-electron chi connectivity index (χ1n) is 6.64. The Bertz CT molecular complexity index is 669. The van der Waals surface area contributed by atoms with Crippen LogP contribution in [-0.2, 0) is 6.42 Å². The maximum absolute atomic E-state index is 5.86.